The number of ether oxygens (including phenoxy) is 1. The number of hydrogen-bond donors (Lipinski definition) is 0. The molecule has 0 saturated carbocycles. The molecule has 5 heteroatoms. The highest BCUT2D eigenvalue weighted by Gasteiger charge is 2.08. The summed E-state index contributed by atoms with van der Waals surface area (Å²) in [6.45, 7) is 5.14. The van der Waals surface area contributed by atoms with E-state index in [1.165, 1.54) is 6.26 Å². The number of nitrogens with zero attached hydrogens (tertiary/aromatic N) is 3. The molecule has 0 N–H and O–H groups in total. The van der Waals surface area contributed by atoms with Gasteiger partial charge in [-0.1, -0.05) is 36.9 Å². The predicted molar refractivity (Wildman–Crippen MR) is 92.6 cm³/mol. The summed E-state index contributed by atoms with van der Waals surface area (Å²) in [6, 6.07) is 15.6. The molecular weight excluding hydrogens is 302 g/mol. The second kappa shape index (κ2) is 6.91. The number of rotatable bonds is 5. The Hall–Kier alpha value is -3.21. The van der Waals surface area contributed by atoms with E-state index in [-0.39, 0.29) is 0 Å². The van der Waals surface area contributed by atoms with E-state index in [0.29, 0.717) is 12.0 Å². The van der Waals surface area contributed by atoms with E-state index in [1.807, 2.05) is 48.5 Å². The zero-order valence-electron chi connectivity index (χ0n) is 13.3. The van der Waals surface area contributed by atoms with Crippen LogP contribution in [0, 0.1) is 0 Å². The van der Waals surface area contributed by atoms with Gasteiger partial charge in [0.05, 0.1) is 11.9 Å². The molecule has 0 aliphatic rings. The number of fused-ring (bicyclic) bond motifs is 1. The molecule has 0 unspecified atom stereocenters. The van der Waals surface area contributed by atoms with Crippen molar-refractivity contribution in [3.63, 3.8) is 0 Å². The Kier molecular flexibility index (Phi) is 4.52. The molecule has 0 aliphatic heterocycles. The standard InChI is InChI=1S/C19H17N3O2/c1-14(2)19(23)24-13-7-9-15-8-6-12-17-18(15)21-22(20-17)16-10-4-3-5-11-16/h3-8,10-13H,1,9H2,2H3. The fraction of sp³-hybridized carbons (Fsp3) is 0.105. The van der Waals surface area contributed by atoms with E-state index < -0.39 is 5.97 Å². The van der Waals surface area contributed by atoms with Crippen LogP contribution in [-0.2, 0) is 16.0 Å². The van der Waals surface area contributed by atoms with Crippen molar-refractivity contribution in [2.75, 3.05) is 0 Å². The van der Waals surface area contributed by atoms with Crippen LogP contribution in [0.15, 0.2) is 73.0 Å². The van der Waals surface area contributed by atoms with E-state index in [2.05, 4.69) is 16.8 Å². The maximum absolute atomic E-state index is 11.3. The molecule has 1 heterocycles. The first-order chi connectivity index (χ1) is 11.6. The lowest BCUT2D eigenvalue weighted by atomic mass is 10.1. The molecule has 0 amide bonds. The predicted octanol–water partition coefficient (Wildman–Crippen LogP) is 3.60. The molecule has 0 fully saturated rings. The lowest BCUT2D eigenvalue weighted by Crippen LogP contribution is -1.99. The molecule has 2 aromatic carbocycles. The average Bonchev–Trinajstić information content (AvgIpc) is 3.04. The van der Waals surface area contributed by atoms with Crippen molar-refractivity contribution in [1.82, 2.24) is 15.0 Å². The minimum atomic E-state index is -0.431. The third kappa shape index (κ3) is 3.41. The Bertz CT molecular complexity index is 911. The third-order valence-electron chi connectivity index (χ3n) is 3.44. The van der Waals surface area contributed by atoms with Crippen LogP contribution in [-0.4, -0.2) is 21.0 Å². The van der Waals surface area contributed by atoms with Crippen molar-refractivity contribution in [1.29, 1.82) is 0 Å². The molecule has 0 saturated heterocycles. The van der Waals surface area contributed by atoms with Crippen LogP contribution in [0.3, 0.4) is 0 Å². The normalized spacial score (nSPS) is 11.0. The minimum absolute atomic E-state index is 0.368. The van der Waals surface area contributed by atoms with Crippen LogP contribution in [0.2, 0.25) is 0 Å². The molecule has 0 aliphatic carbocycles. The summed E-state index contributed by atoms with van der Waals surface area (Å²) in [4.78, 5) is 13.0. The molecule has 0 atom stereocenters. The molecule has 0 bridgehead atoms. The van der Waals surface area contributed by atoms with Crippen molar-refractivity contribution in [3.05, 3.63) is 78.6 Å². The molecule has 5 nitrogen and oxygen atoms in total. The third-order valence-corrected chi connectivity index (χ3v) is 3.44. The van der Waals surface area contributed by atoms with Crippen LogP contribution < -0.4 is 0 Å². The van der Waals surface area contributed by atoms with Crippen molar-refractivity contribution < 1.29 is 9.53 Å². The number of hydrogen-bond acceptors (Lipinski definition) is 4. The number of benzene rings is 2. The van der Waals surface area contributed by atoms with Gasteiger partial charge in [0.25, 0.3) is 0 Å². The maximum Gasteiger partial charge on any atom is 0.337 e. The monoisotopic (exact) mass is 319 g/mol. The van der Waals surface area contributed by atoms with Gasteiger partial charge in [-0.2, -0.15) is 4.80 Å². The summed E-state index contributed by atoms with van der Waals surface area (Å²) >= 11 is 0. The largest absolute Gasteiger partial charge is 0.431 e. The van der Waals surface area contributed by atoms with Gasteiger partial charge >= 0.3 is 5.97 Å². The molecule has 0 spiro atoms. The van der Waals surface area contributed by atoms with Crippen LogP contribution in [0.5, 0.6) is 0 Å². The van der Waals surface area contributed by atoms with E-state index >= 15 is 0 Å². The van der Waals surface area contributed by atoms with Gasteiger partial charge in [-0.25, -0.2) is 4.79 Å². The average molecular weight is 319 g/mol. The second-order valence-electron chi connectivity index (χ2n) is 5.37. The molecule has 0 radical (unpaired) electrons. The lowest BCUT2D eigenvalue weighted by Gasteiger charge is -1.98. The summed E-state index contributed by atoms with van der Waals surface area (Å²) in [5.74, 6) is -0.431. The number of aromatic nitrogens is 3. The molecular formula is C19H17N3O2. The van der Waals surface area contributed by atoms with E-state index in [1.54, 1.807) is 17.8 Å². The van der Waals surface area contributed by atoms with Gasteiger partial charge in [0.2, 0.25) is 0 Å². The highest BCUT2D eigenvalue weighted by molar-refractivity contribution is 5.87. The number of para-hydroxylation sites is 1. The molecule has 1 aromatic heterocycles. The quantitative estimate of drug-likeness (QED) is 0.410. The second-order valence-corrected chi connectivity index (χ2v) is 5.37. The van der Waals surface area contributed by atoms with Crippen molar-refractivity contribution >= 4 is 17.0 Å². The van der Waals surface area contributed by atoms with Gasteiger partial charge in [-0.3, -0.25) is 0 Å². The number of esters is 1. The first-order valence-corrected chi connectivity index (χ1v) is 7.57. The van der Waals surface area contributed by atoms with Gasteiger partial charge in [0.15, 0.2) is 0 Å². The maximum atomic E-state index is 11.3. The van der Waals surface area contributed by atoms with Gasteiger partial charge < -0.3 is 4.74 Å². The highest BCUT2D eigenvalue weighted by atomic mass is 16.5. The van der Waals surface area contributed by atoms with Gasteiger partial charge in [0.1, 0.15) is 11.0 Å². The first kappa shape index (κ1) is 15.7. The van der Waals surface area contributed by atoms with Crippen LogP contribution in [0.4, 0.5) is 0 Å². The molecule has 24 heavy (non-hydrogen) atoms. The highest BCUT2D eigenvalue weighted by Crippen LogP contribution is 2.17. The zero-order chi connectivity index (χ0) is 16.9. The Labute approximate surface area is 139 Å². The van der Waals surface area contributed by atoms with Crippen molar-refractivity contribution in [2.45, 2.75) is 13.3 Å². The summed E-state index contributed by atoms with van der Waals surface area (Å²) in [5.41, 5.74) is 3.94. The summed E-state index contributed by atoms with van der Waals surface area (Å²) in [6.07, 6.45) is 3.75. The van der Waals surface area contributed by atoms with Crippen LogP contribution >= 0.6 is 0 Å². The number of allylic oxidation sites excluding steroid dienone is 1. The van der Waals surface area contributed by atoms with Gasteiger partial charge in [0, 0.05) is 5.57 Å². The SMILES string of the molecule is C=C(C)C(=O)OC=CCc1cccc2nn(-c3ccccc3)nc12. The molecule has 3 aromatic rings. The number of carbonyl (C=O) groups is 1. The fourth-order valence-electron chi connectivity index (χ4n) is 2.22. The minimum Gasteiger partial charge on any atom is -0.431 e. The lowest BCUT2D eigenvalue weighted by molar-refractivity contribution is -0.133. The molecule has 3 rings (SSSR count). The fourth-order valence-corrected chi connectivity index (χ4v) is 2.22. The first-order valence-electron chi connectivity index (χ1n) is 7.57. The van der Waals surface area contributed by atoms with Crippen LogP contribution in [0.25, 0.3) is 16.7 Å². The Morgan fingerprint density at radius 2 is 1.96 bits per heavy atom. The smallest absolute Gasteiger partial charge is 0.337 e. The topological polar surface area (TPSA) is 57.0 Å². The van der Waals surface area contributed by atoms with E-state index in [4.69, 9.17) is 4.74 Å². The summed E-state index contributed by atoms with van der Waals surface area (Å²) < 4.78 is 4.95. The Morgan fingerprint density at radius 3 is 2.71 bits per heavy atom. The Morgan fingerprint density at radius 1 is 1.17 bits per heavy atom. The molecule has 120 valence electrons. The number of carbonyl (C=O) groups excluding carboxylic acids is 1. The van der Waals surface area contributed by atoms with Gasteiger partial charge in [-0.15, -0.1) is 10.2 Å². The summed E-state index contributed by atoms with van der Waals surface area (Å²) in [5, 5.41) is 9.08. The van der Waals surface area contributed by atoms with Gasteiger partial charge in [-0.05, 0) is 43.2 Å². The van der Waals surface area contributed by atoms with E-state index in [0.717, 1.165) is 22.3 Å². The summed E-state index contributed by atoms with van der Waals surface area (Å²) in [7, 11) is 0. The van der Waals surface area contributed by atoms with Crippen molar-refractivity contribution in [2.24, 2.45) is 0 Å². The zero-order valence-corrected chi connectivity index (χ0v) is 13.3. The Balaban J connectivity index is 1.82. The van der Waals surface area contributed by atoms with Crippen LogP contribution in [0.1, 0.15) is 12.5 Å². The van der Waals surface area contributed by atoms with Crippen molar-refractivity contribution in [3.8, 4) is 5.69 Å². The van der Waals surface area contributed by atoms with E-state index in [9.17, 15) is 4.79 Å².